The maximum atomic E-state index is 11.3. The summed E-state index contributed by atoms with van der Waals surface area (Å²) in [7, 11) is 3.38. The molecule has 1 rings (SSSR count). The van der Waals surface area contributed by atoms with E-state index in [0.717, 1.165) is 12.8 Å². The van der Waals surface area contributed by atoms with Gasteiger partial charge in [-0.15, -0.1) is 0 Å². The van der Waals surface area contributed by atoms with Gasteiger partial charge >= 0.3 is 5.97 Å². The lowest BCUT2D eigenvalue weighted by atomic mass is 9.96. The van der Waals surface area contributed by atoms with Crippen LogP contribution < -0.4 is 0 Å². The quantitative estimate of drug-likeness (QED) is 0.750. The lowest BCUT2D eigenvalue weighted by molar-refractivity contribution is -0.156. The van der Waals surface area contributed by atoms with Crippen molar-refractivity contribution in [3.63, 3.8) is 0 Å². The largest absolute Gasteiger partial charge is 0.480 e. The van der Waals surface area contributed by atoms with Gasteiger partial charge in [0.05, 0.1) is 6.61 Å². The molecule has 1 unspecified atom stereocenters. The molecule has 0 aromatic rings. The third-order valence-corrected chi connectivity index (χ3v) is 3.40. The Morgan fingerprint density at radius 3 is 2.56 bits per heavy atom. The molecule has 5 nitrogen and oxygen atoms in total. The van der Waals surface area contributed by atoms with E-state index in [-0.39, 0.29) is 12.6 Å². The van der Waals surface area contributed by atoms with Crippen molar-refractivity contribution in [3.8, 4) is 0 Å². The predicted octanol–water partition coefficient (Wildman–Crippen LogP) is 0.587. The molecule has 1 atom stereocenters. The molecule has 0 spiro atoms. The van der Waals surface area contributed by atoms with Gasteiger partial charge in [-0.1, -0.05) is 0 Å². The summed E-state index contributed by atoms with van der Waals surface area (Å²) in [5.74, 6) is -0.844. The molecule has 16 heavy (non-hydrogen) atoms. The monoisotopic (exact) mass is 231 g/mol. The molecule has 1 aliphatic rings. The first-order valence-electron chi connectivity index (χ1n) is 5.55. The molecule has 1 heterocycles. The van der Waals surface area contributed by atoms with E-state index in [1.54, 1.807) is 6.92 Å². The Balaban J connectivity index is 2.72. The zero-order chi connectivity index (χ0) is 12.2. The molecule has 1 N–H and O–H groups in total. The Bertz CT molecular complexity index is 240. The van der Waals surface area contributed by atoms with Crippen LogP contribution in [-0.2, 0) is 14.3 Å². The fourth-order valence-corrected chi connectivity index (χ4v) is 2.07. The average Bonchev–Trinajstić information content (AvgIpc) is 2.29. The van der Waals surface area contributed by atoms with E-state index in [9.17, 15) is 9.90 Å². The van der Waals surface area contributed by atoms with Crippen molar-refractivity contribution in [1.29, 1.82) is 0 Å². The van der Waals surface area contributed by atoms with E-state index in [2.05, 4.69) is 0 Å². The van der Waals surface area contributed by atoms with Crippen LogP contribution >= 0.6 is 0 Å². The summed E-state index contributed by atoms with van der Waals surface area (Å²) in [5.41, 5.74) is -0.962. The van der Waals surface area contributed by atoms with Gasteiger partial charge in [0, 0.05) is 26.4 Å². The molecule has 1 fully saturated rings. The van der Waals surface area contributed by atoms with Crippen LogP contribution in [0.15, 0.2) is 0 Å². The third-order valence-electron chi connectivity index (χ3n) is 3.40. The second kappa shape index (κ2) is 5.61. The number of hydrogen-bond acceptors (Lipinski definition) is 4. The number of methoxy groups -OCH3 is 1. The first kappa shape index (κ1) is 13.4. The Morgan fingerprint density at radius 2 is 2.12 bits per heavy atom. The van der Waals surface area contributed by atoms with E-state index in [0.29, 0.717) is 13.2 Å². The third kappa shape index (κ3) is 2.72. The zero-order valence-corrected chi connectivity index (χ0v) is 10.2. The van der Waals surface area contributed by atoms with Gasteiger partial charge in [0.15, 0.2) is 0 Å². The first-order chi connectivity index (χ1) is 7.52. The summed E-state index contributed by atoms with van der Waals surface area (Å²) < 4.78 is 10.3. The van der Waals surface area contributed by atoms with Crippen molar-refractivity contribution in [2.75, 3.05) is 34.0 Å². The Hall–Kier alpha value is -0.650. The van der Waals surface area contributed by atoms with E-state index < -0.39 is 11.5 Å². The molecular weight excluding hydrogens is 210 g/mol. The lowest BCUT2D eigenvalue weighted by Gasteiger charge is -2.41. The lowest BCUT2D eigenvalue weighted by Crippen LogP contribution is -2.58. The number of carbonyl (C=O) groups is 1. The number of carboxylic acid groups (broad SMARTS) is 1. The Kier molecular flexibility index (Phi) is 4.70. The van der Waals surface area contributed by atoms with Gasteiger partial charge in [0.25, 0.3) is 0 Å². The van der Waals surface area contributed by atoms with Crippen LogP contribution in [0, 0.1) is 0 Å². The van der Waals surface area contributed by atoms with Crippen LogP contribution in [0.5, 0.6) is 0 Å². The van der Waals surface area contributed by atoms with Crippen molar-refractivity contribution in [2.24, 2.45) is 0 Å². The van der Waals surface area contributed by atoms with Crippen molar-refractivity contribution in [3.05, 3.63) is 0 Å². The second-order valence-corrected chi connectivity index (χ2v) is 4.47. The molecule has 1 aliphatic heterocycles. The van der Waals surface area contributed by atoms with Crippen LogP contribution in [0.3, 0.4) is 0 Å². The zero-order valence-electron chi connectivity index (χ0n) is 10.2. The van der Waals surface area contributed by atoms with Gasteiger partial charge in [-0.3, -0.25) is 9.69 Å². The molecule has 0 saturated carbocycles. The predicted molar refractivity (Wildman–Crippen MR) is 59.5 cm³/mol. The Morgan fingerprint density at radius 1 is 1.56 bits per heavy atom. The van der Waals surface area contributed by atoms with Gasteiger partial charge in [-0.25, -0.2) is 0 Å². The number of ether oxygens (including phenoxy) is 2. The van der Waals surface area contributed by atoms with E-state index >= 15 is 0 Å². The van der Waals surface area contributed by atoms with Crippen molar-refractivity contribution in [1.82, 2.24) is 4.90 Å². The van der Waals surface area contributed by atoms with E-state index in [4.69, 9.17) is 9.47 Å². The molecule has 94 valence electrons. The summed E-state index contributed by atoms with van der Waals surface area (Å²) in [6.07, 6.45) is 1.76. The van der Waals surface area contributed by atoms with Crippen LogP contribution in [0.4, 0.5) is 0 Å². The van der Waals surface area contributed by atoms with Crippen LogP contribution in [-0.4, -0.2) is 61.5 Å². The van der Waals surface area contributed by atoms with Crippen molar-refractivity contribution >= 4 is 5.97 Å². The Labute approximate surface area is 96.3 Å². The average molecular weight is 231 g/mol. The van der Waals surface area contributed by atoms with Gasteiger partial charge in [0.1, 0.15) is 5.54 Å². The summed E-state index contributed by atoms with van der Waals surface area (Å²) >= 11 is 0. The molecule has 0 radical (unpaired) electrons. The summed E-state index contributed by atoms with van der Waals surface area (Å²) in [5, 5.41) is 9.31. The SMILES string of the molecule is COCC(C)(C(=O)O)N(C)C1CCOCC1. The highest BCUT2D eigenvalue weighted by atomic mass is 16.5. The molecule has 1 saturated heterocycles. The minimum atomic E-state index is -0.962. The highest BCUT2D eigenvalue weighted by Gasteiger charge is 2.41. The molecule has 0 bridgehead atoms. The molecular formula is C11H21NO4. The normalized spacial score (nSPS) is 22.0. The number of hydrogen-bond donors (Lipinski definition) is 1. The molecule has 5 heteroatoms. The number of rotatable bonds is 5. The first-order valence-corrected chi connectivity index (χ1v) is 5.55. The summed E-state index contributed by atoms with van der Waals surface area (Å²) in [6, 6.07) is 0.255. The van der Waals surface area contributed by atoms with Gasteiger partial charge in [0.2, 0.25) is 0 Å². The standard InChI is InChI=1S/C11H21NO4/c1-11(8-15-3,10(13)14)12(2)9-4-6-16-7-5-9/h9H,4-8H2,1-3H3,(H,13,14). The number of aliphatic carboxylic acids is 1. The van der Waals surface area contributed by atoms with Crippen molar-refractivity contribution in [2.45, 2.75) is 31.3 Å². The fourth-order valence-electron chi connectivity index (χ4n) is 2.07. The van der Waals surface area contributed by atoms with Crippen LogP contribution in [0.1, 0.15) is 19.8 Å². The van der Waals surface area contributed by atoms with Crippen LogP contribution in [0.2, 0.25) is 0 Å². The van der Waals surface area contributed by atoms with Gasteiger partial charge in [-0.05, 0) is 26.8 Å². The van der Waals surface area contributed by atoms with E-state index in [1.807, 2.05) is 11.9 Å². The second-order valence-electron chi connectivity index (χ2n) is 4.47. The smallest absolute Gasteiger partial charge is 0.326 e. The van der Waals surface area contributed by atoms with Crippen LogP contribution in [0.25, 0.3) is 0 Å². The van der Waals surface area contributed by atoms with Gasteiger partial charge in [-0.2, -0.15) is 0 Å². The molecule has 0 amide bonds. The minimum absolute atomic E-state index is 0.191. The number of nitrogens with zero attached hydrogens (tertiary/aromatic N) is 1. The fraction of sp³-hybridized carbons (Fsp3) is 0.909. The van der Waals surface area contributed by atoms with E-state index in [1.165, 1.54) is 7.11 Å². The topological polar surface area (TPSA) is 59.0 Å². The maximum absolute atomic E-state index is 11.3. The highest BCUT2D eigenvalue weighted by molar-refractivity contribution is 5.78. The summed E-state index contributed by atoms with van der Waals surface area (Å²) in [6.45, 7) is 3.31. The highest BCUT2D eigenvalue weighted by Crippen LogP contribution is 2.23. The number of likely N-dealkylation sites (N-methyl/N-ethyl adjacent to an activating group) is 1. The van der Waals surface area contributed by atoms with Gasteiger partial charge < -0.3 is 14.6 Å². The molecule has 0 aliphatic carbocycles. The number of carboxylic acids is 1. The molecule has 0 aromatic carbocycles. The maximum Gasteiger partial charge on any atom is 0.326 e. The molecule has 0 aromatic heterocycles. The summed E-state index contributed by atoms with van der Waals surface area (Å²) in [4.78, 5) is 13.2. The van der Waals surface area contributed by atoms with Crippen molar-refractivity contribution < 1.29 is 19.4 Å². The minimum Gasteiger partial charge on any atom is -0.480 e.